The fraction of sp³-hybridized carbons (Fsp3) is 0.545. The van der Waals surface area contributed by atoms with Crippen molar-refractivity contribution in [3.8, 4) is 0 Å². The maximum absolute atomic E-state index is 12.0. The van der Waals surface area contributed by atoms with Gasteiger partial charge in [0.05, 0.1) is 12.6 Å². The number of aliphatic hydroxyl groups excluding tert-OH is 1. The van der Waals surface area contributed by atoms with Crippen molar-refractivity contribution in [1.82, 2.24) is 19.8 Å². The molecule has 2 rings (SSSR count). The number of carboxylic acid groups (broad SMARTS) is 1. The first kappa shape index (κ1) is 13.3. The molecule has 1 aromatic heterocycles. The van der Waals surface area contributed by atoms with Gasteiger partial charge in [-0.2, -0.15) is 0 Å². The summed E-state index contributed by atoms with van der Waals surface area (Å²) in [5.74, 6) is -0.507. The van der Waals surface area contributed by atoms with Gasteiger partial charge in [0.2, 0.25) is 0 Å². The Balaban J connectivity index is 2.00. The third-order valence-corrected chi connectivity index (χ3v) is 3.06. The fourth-order valence-electron chi connectivity index (χ4n) is 1.96. The number of urea groups is 1. The lowest BCUT2D eigenvalue weighted by Crippen LogP contribution is -2.53. The number of aromatic nitrogens is 2. The van der Waals surface area contributed by atoms with Gasteiger partial charge in [-0.05, 0) is 6.92 Å². The van der Waals surface area contributed by atoms with E-state index >= 15 is 0 Å². The van der Waals surface area contributed by atoms with Crippen LogP contribution in [0, 0.1) is 0 Å². The summed E-state index contributed by atoms with van der Waals surface area (Å²) >= 11 is 0. The minimum absolute atomic E-state index is 0.324. The van der Waals surface area contributed by atoms with Gasteiger partial charge in [-0.15, -0.1) is 0 Å². The number of imidazole rings is 1. The van der Waals surface area contributed by atoms with E-state index < -0.39 is 24.1 Å². The Bertz CT molecular complexity index is 485. The van der Waals surface area contributed by atoms with Crippen LogP contribution in [0.3, 0.4) is 0 Å². The van der Waals surface area contributed by atoms with Gasteiger partial charge >= 0.3 is 12.0 Å². The molecule has 0 saturated heterocycles. The van der Waals surface area contributed by atoms with Crippen molar-refractivity contribution in [1.29, 1.82) is 0 Å². The molecule has 2 unspecified atom stereocenters. The average Bonchev–Trinajstić information content (AvgIpc) is 2.81. The standard InChI is InChI=1S/C11H16N4O4/c1-7(16)9(10(17)18)13-11(19)15-5-4-14-3-2-12-8(14)6-15/h2-3,7,9,16H,4-6H2,1H3,(H,13,19)(H,17,18). The van der Waals surface area contributed by atoms with Crippen LogP contribution in [0.1, 0.15) is 12.7 Å². The minimum atomic E-state index is -1.31. The predicted molar refractivity (Wildman–Crippen MR) is 64.3 cm³/mol. The number of carbonyl (C=O) groups excluding carboxylic acids is 1. The van der Waals surface area contributed by atoms with E-state index in [1.807, 2.05) is 10.8 Å². The normalized spacial score (nSPS) is 17.5. The molecule has 2 amide bonds. The largest absolute Gasteiger partial charge is 0.480 e. The van der Waals surface area contributed by atoms with Crippen LogP contribution in [-0.2, 0) is 17.9 Å². The molecule has 1 aliphatic heterocycles. The first-order valence-corrected chi connectivity index (χ1v) is 5.95. The minimum Gasteiger partial charge on any atom is -0.480 e. The van der Waals surface area contributed by atoms with E-state index in [1.54, 1.807) is 6.20 Å². The van der Waals surface area contributed by atoms with Gasteiger partial charge in [0, 0.05) is 25.5 Å². The monoisotopic (exact) mass is 268 g/mol. The molecule has 2 atom stereocenters. The first-order valence-electron chi connectivity index (χ1n) is 5.95. The molecule has 8 heteroatoms. The van der Waals surface area contributed by atoms with Crippen molar-refractivity contribution in [2.45, 2.75) is 32.2 Å². The molecule has 19 heavy (non-hydrogen) atoms. The van der Waals surface area contributed by atoms with Crippen LogP contribution >= 0.6 is 0 Å². The number of hydrogen-bond donors (Lipinski definition) is 3. The number of nitrogens with one attached hydrogen (secondary N) is 1. The highest BCUT2D eigenvalue weighted by Gasteiger charge is 2.28. The van der Waals surface area contributed by atoms with Gasteiger partial charge in [-0.25, -0.2) is 14.6 Å². The highest BCUT2D eigenvalue weighted by molar-refractivity contribution is 5.83. The van der Waals surface area contributed by atoms with Gasteiger partial charge < -0.3 is 25.0 Å². The van der Waals surface area contributed by atoms with Crippen LogP contribution < -0.4 is 5.32 Å². The zero-order chi connectivity index (χ0) is 14.0. The fourth-order valence-corrected chi connectivity index (χ4v) is 1.96. The maximum atomic E-state index is 12.0. The third-order valence-electron chi connectivity index (χ3n) is 3.06. The quantitative estimate of drug-likeness (QED) is 0.668. The lowest BCUT2D eigenvalue weighted by Gasteiger charge is -2.29. The second kappa shape index (κ2) is 5.27. The molecule has 104 valence electrons. The van der Waals surface area contributed by atoms with Gasteiger partial charge in [-0.1, -0.05) is 0 Å². The Morgan fingerprint density at radius 3 is 2.84 bits per heavy atom. The number of rotatable bonds is 3. The van der Waals surface area contributed by atoms with Crippen molar-refractivity contribution >= 4 is 12.0 Å². The predicted octanol–water partition coefficient (Wildman–Crippen LogP) is -0.758. The van der Waals surface area contributed by atoms with Crippen LogP contribution in [0.15, 0.2) is 12.4 Å². The zero-order valence-corrected chi connectivity index (χ0v) is 10.5. The van der Waals surface area contributed by atoms with E-state index in [2.05, 4.69) is 10.3 Å². The zero-order valence-electron chi connectivity index (χ0n) is 10.5. The molecule has 3 N–H and O–H groups in total. The Hall–Kier alpha value is -2.09. The topological polar surface area (TPSA) is 108 Å². The lowest BCUT2D eigenvalue weighted by atomic mass is 10.2. The number of aliphatic carboxylic acids is 1. The summed E-state index contributed by atoms with van der Waals surface area (Å²) < 4.78 is 1.94. The van der Waals surface area contributed by atoms with Crippen LogP contribution in [0.25, 0.3) is 0 Å². The second-order valence-electron chi connectivity index (χ2n) is 4.46. The van der Waals surface area contributed by atoms with E-state index in [0.717, 1.165) is 5.82 Å². The maximum Gasteiger partial charge on any atom is 0.328 e. The summed E-state index contributed by atoms with van der Waals surface area (Å²) in [4.78, 5) is 28.4. The molecule has 0 aliphatic carbocycles. The number of amides is 2. The summed E-state index contributed by atoms with van der Waals surface area (Å²) in [6, 6.07) is -1.82. The number of hydrogen-bond acceptors (Lipinski definition) is 4. The molecule has 2 heterocycles. The number of aliphatic hydroxyl groups is 1. The Morgan fingerprint density at radius 2 is 2.21 bits per heavy atom. The summed E-state index contributed by atoms with van der Waals surface area (Å²) in [6.45, 7) is 2.74. The Morgan fingerprint density at radius 1 is 1.47 bits per heavy atom. The molecule has 0 radical (unpaired) electrons. The van der Waals surface area contributed by atoms with Gasteiger partial charge in [0.15, 0.2) is 6.04 Å². The van der Waals surface area contributed by atoms with Gasteiger partial charge in [-0.3, -0.25) is 0 Å². The molecule has 0 fully saturated rings. The highest BCUT2D eigenvalue weighted by atomic mass is 16.4. The second-order valence-corrected chi connectivity index (χ2v) is 4.46. The SMILES string of the molecule is CC(O)C(NC(=O)N1CCn2ccnc2C1)C(=O)O. The van der Waals surface area contributed by atoms with E-state index in [4.69, 9.17) is 5.11 Å². The van der Waals surface area contributed by atoms with Crippen molar-refractivity contribution in [2.24, 2.45) is 0 Å². The molecular formula is C11H16N4O4. The van der Waals surface area contributed by atoms with E-state index in [9.17, 15) is 14.7 Å². The lowest BCUT2D eigenvalue weighted by molar-refractivity contribution is -0.141. The molecule has 0 spiro atoms. The summed E-state index contributed by atoms with van der Waals surface area (Å²) in [5, 5.41) is 20.5. The molecule has 0 saturated carbocycles. The van der Waals surface area contributed by atoms with Crippen molar-refractivity contribution < 1.29 is 19.8 Å². The Labute approximate surface area is 109 Å². The number of nitrogens with zero attached hydrogens (tertiary/aromatic N) is 3. The smallest absolute Gasteiger partial charge is 0.328 e. The van der Waals surface area contributed by atoms with Crippen LogP contribution in [0.2, 0.25) is 0 Å². The van der Waals surface area contributed by atoms with E-state index in [0.29, 0.717) is 19.6 Å². The van der Waals surface area contributed by atoms with E-state index in [-0.39, 0.29) is 0 Å². The average molecular weight is 268 g/mol. The molecule has 1 aliphatic rings. The van der Waals surface area contributed by atoms with Crippen molar-refractivity contribution in [2.75, 3.05) is 6.54 Å². The van der Waals surface area contributed by atoms with Crippen molar-refractivity contribution in [3.63, 3.8) is 0 Å². The number of carbonyl (C=O) groups is 2. The van der Waals surface area contributed by atoms with Crippen LogP contribution in [0.5, 0.6) is 0 Å². The van der Waals surface area contributed by atoms with Gasteiger partial charge in [0.1, 0.15) is 5.82 Å². The summed E-state index contributed by atoms with van der Waals surface area (Å²) in [6.07, 6.45) is 2.33. The van der Waals surface area contributed by atoms with Gasteiger partial charge in [0.25, 0.3) is 0 Å². The third kappa shape index (κ3) is 2.84. The molecule has 8 nitrogen and oxygen atoms in total. The van der Waals surface area contributed by atoms with Crippen LogP contribution in [0.4, 0.5) is 4.79 Å². The van der Waals surface area contributed by atoms with Crippen LogP contribution in [-0.4, -0.2) is 55.4 Å². The van der Waals surface area contributed by atoms with Crippen molar-refractivity contribution in [3.05, 3.63) is 18.2 Å². The van der Waals surface area contributed by atoms with E-state index in [1.165, 1.54) is 11.8 Å². The highest BCUT2D eigenvalue weighted by Crippen LogP contribution is 2.10. The summed E-state index contributed by atoms with van der Waals surface area (Å²) in [7, 11) is 0. The Kier molecular flexibility index (Phi) is 3.70. The summed E-state index contributed by atoms with van der Waals surface area (Å²) in [5.41, 5.74) is 0. The first-order chi connectivity index (χ1) is 8.99. The number of fused-ring (bicyclic) bond motifs is 1. The molecule has 1 aromatic rings. The molecular weight excluding hydrogens is 252 g/mol. The molecule has 0 aromatic carbocycles. The molecule has 0 bridgehead atoms. The number of carboxylic acids is 1.